The summed E-state index contributed by atoms with van der Waals surface area (Å²) in [7, 11) is 3.27. The minimum Gasteiger partial charge on any atom is -0.497 e. The SMILES string of the molecule is COc1cc(OC)cc(-n2c(-c3ccccc3)nc3nc4ccccc4nc32)c1. The lowest BCUT2D eigenvalue weighted by Crippen LogP contribution is -2.01. The minimum atomic E-state index is 0.587. The van der Waals surface area contributed by atoms with Crippen LogP contribution in [0.15, 0.2) is 72.8 Å². The fourth-order valence-corrected chi connectivity index (χ4v) is 3.40. The van der Waals surface area contributed by atoms with E-state index in [1.807, 2.05) is 77.4 Å². The Hall–Kier alpha value is -3.93. The second-order valence-electron chi connectivity index (χ2n) is 6.57. The van der Waals surface area contributed by atoms with Crippen LogP contribution in [0.5, 0.6) is 11.5 Å². The summed E-state index contributed by atoms with van der Waals surface area (Å²) < 4.78 is 12.9. The normalized spacial score (nSPS) is 11.1. The van der Waals surface area contributed by atoms with Gasteiger partial charge in [0.05, 0.1) is 30.9 Å². The number of nitrogens with zero attached hydrogens (tertiary/aromatic N) is 4. The van der Waals surface area contributed by atoms with Crippen molar-refractivity contribution in [1.29, 1.82) is 0 Å². The Morgan fingerprint density at radius 2 is 1.31 bits per heavy atom. The molecule has 2 aromatic heterocycles. The molecule has 5 aromatic rings. The van der Waals surface area contributed by atoms with Crippen LogP contribution >= 0.6 is 0 Å². The van der Waals surface area contributed by atoms with Crippen LogP contribution in [-0.2, 0) is 0 Å². The maximum Gasteiger partial charge on any atom is 0.199 e. The molecule has 0 saturated heterocycles. The third-order valence-corrected chi connectivity index (χ3v) is 4.80. The molecule has 0 aliphatic carbocycles. The monoisotopic (exact) mass is 382 g/mol. The third kappa shape index (κ3) is 2.95. The number of benzene rings is 3. The summed E-state index contributed by atoms with van der Waals surface area (Å²) in [6, 6.07) is 23.5. The molecular formula is C23H18N4O2. The quantitative estimate of drug-likeness (QED) is 0.453. The molecular weight excluding hydrogens is 364 g/mol. The number of hydrogen-bond donors (Lipinski definition) is 0. The standard InChI is InChI=1S/C23H18N4O2/c1-28-17-12-16(13-18(14-17)29-2)27-22(15-8-4-3-5-9-15)26-21-23(27)25-20-11-7-6-10-19(20)24-21/h3-14H,1-2H3. The zero-order valence-electron chi connectivity index (χ0n) is 16.0. The minimum absolute atomic E-state index is 0.587. The molecule has 3 aromatic carbocycles. The van der Waals surface area contributed by atoms with E-state index < -0.39 is 0 Å². The summed E-state index contributed by atoms with van der Waals surface area (Å²) in [5.41, 5.74) is 4.70. The van der Waals surface area contributed by atoms with E-state index in [2.05, 4.69) is 0 Å². The average molecular weight is 382 g/mol. The van der Waals surface area contributed by atoms with Crippen molar-refractivity contribution < 1.29 is 9.47 Å². The van der Waals surface area contributed by atoms with Crippen LogP contribution in [0.4, 0.5) is 0 Å². The second kappa shape index (κ2) is 6.91. The molecule has 6 heteroatoms. The first kappa shape index (κ1) is 17.2. The van der Waals surface area contributed by atoms with E-state index in [1.165, 1.54) is 0 Å². The van der Waals surface area contributed by atoms with Crippen LogP contribution in [0.25, 0.3) is 39.4 Å². The highest BCUT2D eigenvalue weighted by atomic mass is 16.5. The molecule has 0 atom stereocenters. The molecule has 0 aliphatic heterocycles. The maximum absolute atomic E-state index is 5.47. The van der Waals surface area contributed by atoms with Crippen molar-refractivity contribution >= 4 is 22.3 Å². The number of ether oxygens (including phenoxy) is 2. The molecule has 0 fully saturated rings. The molecule has 6 nitrogen and oxygen atoms in total. The molecule has 0 saturated carbocycles. The predicted molar refractivity (Wildman–Crippen MR) is 113 cm³/mol. The van der Waals surface area contributed by atoms with Crippen LogP contribution in [0.2, 0.25) is 0 Å². The number of fused-ring (bicyclic) bond motifs is 2. The maximum atomic E-state index is 5.47. The molecule has 5 rings (SSSR count). The summed E-state index contributed by atoms with van der Waals surface area (Å²) in [5, 5.41) is 0. The predicted octanol–water partition coefficient (Wildman–Crippen LogP) is 4.65. The van der Waals surface area contributed by atoms with Crippen LogP contribution in [0.3, 0.4) is 0 Å². The fourth-order valence-electron chi connectivity index (χ4n) is 3.40. The molecule has 0 aliphatic rings. The number of methoxy groups -OCH3 is 2. The number of imidazole rings is 1. The van der Waals surface area contributed by atoms with Crippen molar-refractivity contribution in [2.24, 2.45) is 0 Å². The van der Waals surface area contributed by atoms with Gasteiger partial charge >= 0.3 is 0 Å². The summed E-state index contributed by atoms with van der Waals surface area (Å²) in [6.45, 7) is 0. The molecule has 0 radical (unpaired) electrons. The van der Waals surface area contributed by atoms with Crippen molar-refractivity contribution in [3.05, 3.63) is 72.8 Å². The van der Waals surface area contributed by atoms with E-state index in [4.69, 9.17) is 24.4 Å². The van der Waals surface area contributed by atoms with E-state index in [9.17, 15) is 0 Å². The van der Waals surface area contributed by atoms with Crippen molar-refractivity contribution in [2.75, 3.05) is 14.2 Å². The molecule has 0 bridgehead atoms. The van der Waals surface area contributed by atoms with Gasteiger partial charge in [-0.1, -0.05) is 42.5 Å². The van der Waals surface area contributed by atoms with Gasteiger partial charge in [-0.15, -0.1) is 0 Å². The molecule has 0 unspecified atom stereocenters. The first-order valence-corrected chi connectivity index (χ1v) is 9.21. The zero-order valence-corrected chi connectivity index (χ0v) is 16.0. The van der Waals surface area contributed by atoms with Gasteiger partial charge in [0.25, 0.3) is 0 Å². The smallest absolute Gasteiger partial charge is 0.199 e. The highest BCUT2D eigenvalue weighted by molar-refractivity contribution is 5.86. The van der Waals surface area contributed by atoms with Gasteiger partial charge in [0.15, 0.2) is 11.3 Å². The molecule has 0 spiro atoms. The van der Waals surface area contributed by atoms with Gasteiger partial charge in [0.2, 0.25) is 0 Å². The Morgan fingerprint density at radius 3 is 1.97 bits per heavy atom. The molecule has 0 N–H and O–H groups in total. The topological polar surface area (TPSA) is 62.1 Å². The van der Waals surface area contributed by atoms with Gasteiger partial charge in [-0.2, -0.15) is 0 Å². The van der Waals surface area contributed by atoms with E-state index in [-0.39, 0.29) is 0 Å². The summed E-state index contributed by atoms with van der Waals surface area (Å²) in [6.07, 6.45) is 0. The molecule has 0 amide bonds. The lowest BCUT2D eigenvalue weighted by molar-refractivity contribution is 0.394. The first-order chi connectivity index (χ1) is 14.3. The van der Waals surface area contributed by atoms with Crippen LogP contribution in [-0.4, -0.2) is 33.7 Å². The third-order valence-electron chi connectivity index (χ3n) is 4.80. The Kier molecular flexibility index (Phi) is 4.09. The van der Waals surface area contributed by atoms with Crippen molar-refractivity contribution in [1.82, 2.24) is 19.5 Å². The van der Waals surface area contributed by atoms with E-state index in [1.54, 1.807) is 14.2 Å². The van der Waals surface area contributed by atoms with E-state index in [0.717, 1.165) is 28.1 Å². The summed E-state index contributed by atoms with van der Waals surface area (Å²) >= 11 is 0. The Balaban J connectivity index is 1.88. The van der Waals surface area contributed by atoms with Crippen molar-refractivity contribution in [3.63, 3.8) is 0 Å². The second-order valence-corrected chi connectivity index (χ2v) is 6.57. The Labute approximate surface area is 167 Å². The highest BCUT2D eigenvalue weighted by Crippen LogP contribution is 2.32. The largest absolute Gasteiger partial charge is 0.497 e. The number of rotatable bonds is 4. The fraction of sp³-hybridized carbons (Fsp3) is 0.0870. The highest BCUT2D eigenvalue weighted by Gasteiger charge is 2.18. The zero-order chi connectivity index (χ0) is 19.8. The molecule has 29 heavy (non-hydrogen) atoms. The van der Waals surface area contributed by atoms with Gasteiger partial charge in [-0.3, -0.25) is 4.57 Å². The number of para-hydroxylation sites is 2. The lowest BCUT2D eigenvalue weighted by atomic mass is 10.2. The first-order valence-electron chi connectivity index (χ1n) is 9.21. The van der Waals surface area contributed by atoms with Crippen molar-refractivity contribution in [2.45, 2.75) is 0 Å². The summed E-state index contributed by atoms with van der Waals surface area (Å²) in [4.78, 5) is 14.4. The van der Waals surface area contributed by atoms with Crippen LogP contribution < -0.4 is 9.47 Å². The summed E-state index contributed by atoms with van der Waals surface area (Å²) in [5.74, 6) is 2.13. The van der Waals surface area contributed by atoms with Gasteiger partial charge in [0.1, 0.15) is 17.3 Å². The number of aromatic nitrogens is 4. The van der Waals surface area contributed by atoms with Gasteiger partial charge in [0, 0.05) is 23.8 Å². The van der Waals surface area contributed by atoms with Crippen LogP contribution in [0, 0.1) is 0 Å². The van der Waals surface area contributed by atoms with E-state index >= 15 is 0 Å². The molecule has 142 valence electrons. The molecule has 2 heterocycles. The van der Waals surface area contributed by atoms with Crippen molar-refractivity contribution in [3.8, 4) is 28.6 Å². The lowest BCUT2D eigenvalue weighted by Gasteiger charge is -2.12. The Morgan fingerprint density at radius 1 is 0.690 bits per heavy atom. The van der Waals surface area contributed by atoms with Gasteiger partial charge in [-0.25, -0.2) is 15.0 Å². The van der Waals surface area contributed by atoms with Crippen LogP contribution in [0.1, 0.15) is 0 Å². The number of hydrogen-bond acceptors (Lipinski definition) is 5. The van der Waals surface area contributed by atoms with E-state index in [0.29, 0.717) is 22.8 Å². The van der Waals surface area contributed by atoms with Gasteiger partial charge < -0.3 is 9.47 Å². The Bertz CT molecular complexity index is 1310. The average Bonchev–Trinajstić information content (AvgIpc) is 3.16. The van der Waals surface area contributed by atoms with Gasteiger partial charge in [-0.05, 0) is 12.1 Å².